The Balaban J connectivity index is 1.76. The molecular weight excluding hydrogens is 701 g/mol. The topological polar surface area (TPSA) is 96.0 Å². The molecule has 290 valence electrons. The van der Waals surface area contributed by atoms with Crippen LogP contribution in [0.25, 0.3) is 0 Å². The number of carbonyl (C=O) groups is 2. The maximum absolute atomic E-state index is 13.8. The minimum atomic E-state index is -3.49. The van der Waals surface area contributed by atoms with Gasteiger partial charge in [0.2, 0.25) is 0 Å². The first kappa shape index (κ1) is 43.9. The molecule has 0 aliphatic carbocycles. The molecular formula is C44H62O7SSi. The van der Waals surface area contributed by atoms with Crippen LogP contribution in [0.4, 0.5) is 0 Å². The van der Waals surface area contributed by atoms with E-state index in [0.717, 1.165) is 21.5 Å². The van der Waals surface area contributed by atoms with Crippen molar-refractivity contribution < 1.29 is 31.9 Å². The lowest BCUT2D eigenvalue weighted by molar-refractivity contribution is -0.162. The Bertz CT molecular complexity index is 1750. The summed E-state index contributed by atoms with van der Waals surface area (Å²) in [4.78, 5) is 25.7. The molecule has 1 atom stereocenters. The van der Waals surface area contributed by atoms with Crippen LogP contribution in [0.2, 0.25) is 5.04 Å². The molecule has 0 aliphatic heterocycles. The fourth-order valence-corrected chi connectivity index (χ4v) is 13.6. The third kappa shape index (κ3) is 12.0. The predicted octanol–water partition coefficient (Wildman–Crippen LogP) is 8.14. The van der Waals surface area contributed by atoms with Crippen LogP contribution >= 0.6 is 0 Å². The van der Waals surface area contributed by atoms with Gasteiger partial charge >= 0.3 is 11.9 Å². The molecule has 3 aromatic carbocycles. The number of carbonyl (C=O) groups excluding carboxylic acids is 2. The van der Waals surface area contributed by atoms with Gasteiger partial charge in [-0.25, -0.2) is 13.2 Å². The summed E-state index contributed by atoms with van der Waals surface area (Å²) in [6.45, 7) is 21.9. The fraction of sp³-hybridized carbons (Fsp3) is 0.500. The Hall–Kier alpha value is -3.53. The lowest BCUT2D eigenvalue weighted by Crippen LogP contribution is -2.66. The third-order valence-corrected chi connectivity index (χ3v) is 16.9. The van der Waals surface area contributed by atoms with Crippen molar-refractivity contribution in [1.82, 2.24) is 0 Å². The summed E-state index contributed by atoms with van der Waals surface area (Å²) in [6.07, 6.45) is 2.68. The number of methoxy groups -OCH3 is 1. The number of aryl methyl sites for hydroxylation is 1. The van der Waals surface area contributed by atoms with E-state index in [1.165, 1.54) is 7.11 Å². The molecule has 0 heterocycles. The van der Waals surface area contributed by atoms with Crippen molar-refractivity contribution in [2.45, 2.75) is 110 Å². The molecule has 53 heavy (non-hydrogen) atoms. The Morgan fingerprint density at radius 3 is 1.85 bits per heavy atom. The van der Waals surface area contributed by atoms with Gasteiger partial charge in [-0.05, 0) is 85.3 Å². The van der Waals surface area contributed by atoms with Gasteiger partial charge in [0.15, 0.2) is 9.84 Å². The zero-order chi connectivity index (χ0) is 39.7. The van der Waals surface area contributed by atoms with Crippen LogP contribution in [-0.4, -0.2) is 59.5 Å². The van der Waals surface area contributed by atoms with Crippen LogP contribution in [0.1, 0.15) is 99.1 Å². The molecule has 0 amide bonds. The molecule has 3 aromatic rings. The Kier molecular flexibility index (Phi) is 14.7. The maximum atomic E-state index is 13.8. The molecule has 7 nitrogen and oxygen atoms in total. The Morgan fingerprint density at radius 2 is 1.34 bits per heavy atom. The highest BCUT2D eigenvalue weighted by molar-refractivity contribution is 7.91. The first-order valence-electron chi connectivity index (χ1n) is 18.6. The lowest BCUT2D eigenvalue weighted by atomic mass is 9.75. The van der Waals surface area contributed by atoms with E-state index in [1.54, 1.807) is 0 Å². The van der Waals surface area contributed by atoms with E-state index in [1.807, 2.05) is 102 Å². The van der Waals surface area contributed by atoms with Crippen LogP contribution in [0.5, 0.6) is 0 Å². The number of ether oxygens (including phenoxy) is 2. The first-order chi connectivity index (χ1) is 24.6. The summed E-state index contributed by atoms with van der Waals surface area (Å²) in [7, 11) is -5.02. The summed E-state index contributed by atoms with van der Waals surface area (Å²) in [5.74, 6) is -0.832. The van der Waals surface area contributed by atoms with Gasteiger partial charge in [0.1, 0.15) is 5.60 Å². The summed E-state index contributed by atoms with van der Waals surface area (Å²) in [5.41, 5.74) is -0.0204. The van der Waals surface area contributed by atoms with Crippen molar-refractivity contribution in [2.24, 2.45) is 5.41 Å². The second kappa shape index (κ2) is 17.7. The normalized spacial score (nSPS) is 13.9. The second-order valence-electron chi connectivity index (χ2n) is 17.3. The zero-order valence-corrected chi connectivity index (χ0v) is 35.5. The molecule has 0 fully saturated rings. The van der Waals surface area contributed by atoms with Gasteiger partial charge in [0.25, 0.3) is 8.32 Å². The van der Waals surface area contributed by atoms with Gasteiger partial charge < -0.3 is 13.9 Å². The molecule has 3 rings (SSSR count). The van der Waals surface area contributed by atoms with Crippen molar-refractivity contribution in [2.75, 3.05) is 25.2 Å². The summed E-state index contributed by atoms with van der Waals surface area (Å²) in [6, 6.07) is 28.3. The van der Waals surface area contributed by atoms with E-state index in [9.17, 15) is 18.0 Å². The summed E-state index contributed by atoms with van der Waals surface area (Å²) < 4.78 is 45.1. The molecule has 0 aliphatic rings. The predicted molar refractivity (Wildman–Crippen MR) is 219 cm³/mol. The van der Waals surface area contributed by atoms with Gasteiger partial charge in [0, 0.05) is 12.2 Å². The minimum Gasteiger partial charge on any atom is -0.466 e. The molecule has 0 spiro atoms. The standard InChI is InChI=1S/C44H62O7SSi/c1-34(39(45)49-11)26-27-35-20-18-21-36(32-35)44(10,40(46)51-41(2,3)4)29-19-28-43(8,9)33-52(47,48)31-30-50-53(42(5,6)7,37-22-14-12-15-23-37)38-24-16-13-17-25-38/h12-18,20-25,32H,1,19,26-31,33H2,2-11H3. The smallest absolute Gasteiger partial charge is 0.333 e. The van der Waals surface area contributed by atoms with Gasteiger partial charge in [0.05, 0.1) is 24.0 Å². The zero-order valence-electron chi connectivity index (χ0n) is 33.7. The van der Waals surface area contributed by atoms with E-state index in [2.05, 4.69) is 51.6 Å². The van der Waals surface area contributed by atoms with Gasteiger partial charge in [-0.2, -0.15) is 0 Å². The van der Waals surface area contributed by atoms with Crippen LogP contribution in [0, 0.1) is 5.41 Å². The number of hydrogen-bond donors (Lipinski definition) is 0. The maximum Gasteiger partial charge on any atom is 0.333 e. The van der Waals surface area contributed by atoms with E-state index < -0.39 is 40.6 Å². The molecule has 0 aromatic heterocycles. The number of esters is 2. The highest BCUT2D eigenvalue weighted by atomic mass is 32.2. The highest BCUT2D eigenvalue weighted by Gasteiger charge is 2.50. The monoisotopic (exact) mass is 762 g/mol. The van der Waals surface area contributed by atoms with E-state index in [4.69, 9.17) is 13.9 Å². The van der Waals surface area contributed by atoms with Crippen molar-refractivity contribution in [1.29, 1.82) is 0 Å². The largest absolute Gasteiger partial charge is 0.466 e. The number of benzene rings is 3. The average Bonchev–Trinajstić information content (AvgIpc) is 3.07. The third-order valence-electron chi connectivity index (χ3n) is 9.87. The second-order valence-corrected chi connectivity index (χ2v) is 23.7. The first-order valence-corrected chi connectivity index (χ1v) is 22.3. The van der Waals surface area contributed by atoms with E-state index >= 15 is 0 Å². The summed E-state index contributed by atoms with van der Waals surface area (Å²) in [5, 5.41) is 1.97. The van der Waals surface area contributed by atoms with Crippen LogP contribution in [-0.2, 0) is 45.2 Å². The number of sulfone groups is 1. The minimum absolute atomic E-state index is 0.00677. The van der Waals surface area contributed by atoms with Crippen LogP contribution in [0.3, 0.4) is 0 Å². The lowest BCUT2D eigenvalue weighted by Gasteiger charge is -2.43. The van der Waals surface area contributed by atoms with Gasteiger partial charge in [-0.3, -0.25) is 4.79 Å². The molecule has 0 bridgehead atoms. The average molecular weight is 763 g/mol. The molecule has 0 radical (unpaired) electrons. The van der Waals surface area contributed by atoms with Gasteiger partial charge in [-0.15, -0.1) is 0 Å². The van der Waals surface area contributed by atoms with E-state index in [0.29, 0.717) is 37.7 Å². The van der Waals surface area contributed by atoms with Crippen molar-refractivity contribution in [3.63, 3.8) is 0 Å². The van der Waals surface area contributed by atoms with Crippen LogP contribution < -0.4 is 10.4 Å². The van der Waals surface area contributed by atoms with E-state index in [-0.39, 0.29) is 29.1 Å². The van der Waals surface area contributed by atoms with Crippen LogP contribution in [0.15, 0.2) is 97.1 Å². The van der Waals surface area contributed by atoms with Crippen molar-refractivity contribution in [3.05, 3.63) is 108 Å². The van der Waals surface area contributed by atoms with Crippen molar-refractivity contribution in [3.8, 4) is 0 Å². The quantitative estimate of drug-likeness (QED) is 0.0734. The SMILES string of the molecule is C=C(CCc1cccc(C(C)(CCCC(C)(C)CS(=O)(=O)CCO[Si](c2ccccc2)(c2ccccc2)C(C)(C)C)C(=O)OC(C)(C)C)c1)C(=O)OC. The van der Waals surface area contributed by atoms with Gasteiger partial charge in [-0.1, -0.05) is 133 Å². The molecule has 0 saturated heterocycles. The number of hydrogen-bond acceptors (Lipinski definition) is 7. The molecule has 0 N–H and O–H groups in total. The molecule has 1 unspecified atom stereocenters. The highest BCUT2D eigenvalue weighted by Crippen LogP contribution is 2.38. The Labute approximate surface area is 320 Å². The summed E-state index contributed by atoms with van der Waals surface area (Å²) >= 11 is 0. The number of rotatable bonds is 18. The fourth-order valence-electron chi connectivity index (χ4n) is 7.11. The molecule has 9 heteroatoms. The molecule has 0 saturated carbocycles. The Morgan fingerprint density at radius 1 is 0.774 bits per heavy atom. The van der Waals surface area contributed by atoms with Crippen molar-refractivity contribution >= 4 is 40.5 Å².